The molecule has 0 radical (unpaired) electrons. The van der Waals surface area contributed by atoms with Gasteiger partial charge in [0, 0.05) is 30.9 Å². The van der Waals surface area contributed by atoms with Crippen LogP contribution in [0.25, 0.3) is 10.9 Å². The molecular formula is C15H15F3N4O. The van der Waals surface area contributed by atoms with Crippen LogP contribution in [0.2, 0.25) is 0 Å². The molecule has 1 fully saturated rings. The number of halogens is 3. The third-order valence-corrected chi connectivity index (χ3v) is 3.80. The van der Waals surface area contributed by atoms with Gasteiger partial charge < -0.3 is 10.2 Å². The highest BCUT2D eigenvalue weighted by atomic mass is 19.4. The minimum atomic E-state index is -4.62. The quantitative estimate of drug-likeness (QED) is 0.875. The molecule has 5 nitrogen and oxygen atoms in total. The van der Waals surface area contributed by atoms with Crippen molar-refractivity contribution >= 4 is 22.6 Å². The lowest BCUT2D eigenvalue weighted by atomic mass is 10.1. The molecule has 1 aromatic carbocycles. The topological polar surface area (TPSA) is 58.1 Å². The molecule has 1 aliphatic heterocycles. The summed E-state index contributed by atoms with van der Waals surface area (Å²) in [5, 5.41) is 3.26. The van der Waals surface area contributed by atoms with Crippen LogP contribution in [0.4, 0.5) is 19.0 Å². The molecule has 0 spiro atoms. The number of anilines is 1. The molecule has 8 heteroatoms. The van der Waals surface area contributed by atoms with E-state index in [2.05, 4.69) is 15.3 Å². The van der Waals surface area contributed by atoms with Gasteiger partial charge in [-0.2, -0.15) is 13.2 Å². The summed E-state index contributed by atoms with van der Waals surface area (Å²) in [7, 11) is 0. The summed E-state index contributed by atoms with van der Waals surface area (Å²) in [6.45, 7) is 2.56. The van der Waals surface area contributed by atoms with Crippen molar-refractivity contribution in [2.45, 2.75) is 25.6 Å². The van der Waals surface area contributed by atoms with Crippen LogP contribution in [-0.4, -0.2) is 35.0 Å². The number of fused-ring (bicyclic) bond motifs is 1. The molecular weight excluding hydrogens is 309 g/mol. The number of nitrogens with zero attached hydrogens (tertiary/aromatic N) is 3. The molecule has 0 unspecified atom stereocenters. The monoisotopic (exact) mass is 324 g/mol. The van der Waals surface area contributed by atoms with E-state index in [0.717, 1.165) is 0 Å². The Labute approximate surface area is 130 Å². The summed E-state index contributed by atoms with van der Waals surface area (Å²) in [6.07, 6.45) is -4.42. The number of nitrogens with one attached hydrogen (secondary N) is 1. The van der Waals surface area contributed by atoms with Crippen LogP contribution in [0.5, 0.6) is 0 Å². The number of hydrogen-bond acceptors (Lipinski definition) is 4. The van der Waals surface area contributed by atoms with Crippen molar-refractivity contribution < 1.29 is 18.0 Å². The van der Waals surface area contributed by atoms with Gasteiger partial charge in [0.1, 0.15) is 5.82 Å². The molecule has 0 bridgehead atoms. The Morgan fingerprint density at radius 2 is 2.00 bits per heavy atom. The average Bonchev–Trinajstić information content (AvgIpc) is 2.65. The van der Waals surface area contributed by atoms with Crippen molar-refractivity contribution in [3.63, 3.8) is 0 Å². The van der Waals surface area contributed by atoms with Gasteiger partial charge in [-0.15, -0.1) is 0 Å². The molecule has 1 saturated heterocycles. The first-order valence-electron chi connectivity index (χ1n) is 7.23. The summed E-state index contributed by atoms with van der Waals surface area (Å²) >= 11 is 0. The molecule has 0 aliphatic carbocycles. The van der Waals surface area contributed by atoms with E-state index in [9.17, 15) is 18.0 Å². The molecule has 1 aromatic heterocycles. The zero-order chi connectivity index (χ0) is 16.6. The third-order valence-electron chi connectivity index (χ3n) is 3.80. The van der Waals surface area contributed by atoms with E-state index >= 15 is 0 Å². The largest absolute Gasteiger partial charge is 0.451 e. The fourth-order valence-corrected chi connectivity index (χ4v) is 2.71. The number of benzene rings is 1. The normalized spacial score (nSPS) is 19.6. The van der Waals surface area contributed by atoms with Crippen LogP contribution >= 0.6 is 0 Å². The van der Waals surface area contributed by atoms with Gasteiger partial charge >= 0.3 is 6.18 Å². The van der Waals surface area contributed by atoms with Crippen LogP contribution in [0.15, 0.2) is 24.3 Å². The lowest BCUT2D eigenvalue weighted by molar-refractivity contribution is -0.144. The summed E-state index contributed by atoms with van der Waals surface area (Å²) < 4.78 is 39.3. The van der Waals surface area contributed by atoms with Crippen molar-refractivity contribution in [3.8, 4) is 0 Å². The zero-order valence-electron chi connectivity index (χ0n) is 12.4. The van der Waals surface area contributed by atoms with Gasteiger partial charge in [-0.1, -0.05) is 12.1 Å². The second kappa shape index (κ2) is 5.68. The van der Waals surface area contributed by atoms with Crippen molar-refractivity contribution in [1.82, 2.24) is 15.3 Å². The summed E-state index contributed by atoms with van der Waals surface area (Å²) in [6, 6.07) is 6.33. The Hall–Kier alpha value is -2.38. The summed E-state index contributed by atoms with van der Waals surface area (Å²) in [5.74, 6) is -1.07. The highest BCUT2D eigenvalue weighted by Crippen LogP contribution is 2.32. The maximum Gasteiger partial charge on any atom is 0.451 e. The minimum Gasteiger partial charge on any atom is -0.354 e. The number of para-hydroxylation sites is 1. The smallest absolute Gasteiger partial charge is 0.354 e. The Balaban J connectivity index is 2.16. The average molecular weight is 324 g/mol. The predicted molar refractivity (Wildman–Crippen MR) is 79.0 cm³/mol. The van der Waals surface area contributed by atoms with E-state index in [0.29, 0.717) is 18.5 Å². The van der Waals surface area contributed by atoms with Gasteiger partial charge in [0.2, 0.25) is 11.7 Å². The second-order valence-electron chi connectivity index (χ2n) is 5.48. The van der Waals surface area contributed by atoms with Gasteiger partial charge in [-0.25, -0.2) is 9.97 Å². The van der Waals surface area contributed by atoms with E-state index in [4.69, 9.17) is 0 Å². The van der Waals surface area contributed by atoms with Gasteiger partial charge in [0.25, 0.3) is 0 Å². The van der Waals surface area contributed by atoms with E-state index in [1.807, 2.05) is 0 Å². The van der Waals surface area contributed by atoms with Crippen molar-refractivity contribution in [1.29, 1.82) is 0 Å². The highest BCUT2D eigenvalue weighted by Gasteiger charge is 2.36. The first kappa shape index (κ1) is 15.5. The van der Waals surface area contributed by atoms with Crippen LogP contribution in [0, 0.1) is 0 Å². The molecule has 3 rings (SSSR count). The second-order valence-corrected chi connectivity index (χ2v) is 5.48. The van der Waals surface area contributed by atoms with Crippen LogP contribution in [0.1, 0.15) is 19.2 Å². The molecule has 1 aliphatic rings. The van der Waals surface area contributed by atoms with Crippen LogP contribution in [-0.2, 0) is 11.0 Å². The van der Waals surface area contributed by atoms with Crippen molar-refractivity contribution in [2.24, 2.45) is 0 Å². The third kappa shape index (κ3) is 3.06. The predicted octanol–water partition coefficient (Wildman–Crippen LogP) is 2.36. The molecule has 122 valence electrons. The van der Waals surface area contributed by atoms with E-state index in [1.165, 1.54) is 6.07 Å². The molecule has 0 saturated carbocycles. The number of carbonyl (C=O) groups is 1. The number of rotatable bonds is 1. The van der Waals surface area contributed by atoms with Crippen molar-refractivity contribution in [3.05, 3.63) is 30.1 Å². The minimum absolute atomic E-state index is 0.116. The number of carbonyl (C=O) groups excluding carboxylic acids is 1. The van der Waals surface area contributed by atoms with E-state index in [-0.39, 0.29) is 29.7 Å². The van der Waals surface area contributed by atoms with Gasteiger partial charge in [0.15, 0.2) is 0 Å². The fourth-order valence-electron chi connectivity index (χ4n) is 2.71. The number of alkyl halides is 3. The summed E-state index contributed by atoms with van der Waals surface area (Å²) in [5.41, 5.74) is 0.237. The molecule has 1 atom stereocenters. The standard InChI is InChI=1S/C15H15F3N4O/c1-9-8-12(23)19-6-7-22(9)13-10-4-2-3-5-11(10)20-14(21-13)15(16,17)18/h2-5,9H,6-8H2,1H3,(H,19,23)/t9-/m0/s1. The summed E-state index contributed by atoms with van der Waals surface area (Å²) in [4.78, 5) is 20.7. The molecule has 23 heavy (non-hydrogen) atoms. The number of amides is 1. The first-order valence-corrected chi connectivity index (χ1v) is 7.23. The van der Waals surface area contributed by atoms with Gasteiger partial charge in [-0.05, 0) is 19.1 Å². The maximum absolute atomic E-state index is 13.1. The van der Waals surface area contributed by atoms with Crippen molar-refractivity contribution in [2.75, 3.05) is 18.0 Å². The zero-order valence-corrected chi connectivity index (χ0v) is 12.4. The van der Waals surface area contributed by atoms with Crippen LogP contribution < -0.4 is 10.2 Å². The lowest BCUT2D eigenvalue weighted by Crippen LogP contribution is -2.35. The Morgan fingerprint density at radius 1 is 1.26 bits per heavy atom. The van der Waals surface area contributed by atoms with Crippen LogP contribution in [0.3, 0.4) is 0 Å². The Kier molecular flexibility index (Phi) is 3.83. The highest BCUT2D eigenvalue weighted by molar-refractivity contribution is 5.90. The fraction of sp³-hybridized carbons (Fsp3) is 0.400. The van der Waals surface area contributed by atoms with Gasteiger partial charge in [0.05, 0.1) is 5.52 Å². The Morgan fingerprint density at radius 3 is 2.74 bits per heavy atom. The molecule has 2 aromatic rings. The molecule has 2 heterocycles. The van der Waals surface area contributed by atoms with Gasteiger partial charge in [-0.3, -0.25) is 4.79 Å². The molecule has 1 amide bonds. The lowest BCUT2D eigenvalue weighted by Gasteiger charge is -2.28. The SMILES string of the molecule is C[C@H]1CC(=O)NCCN1c1nc(C(F)(F)F)nc2ccccc12. The van der Waals surface area contributed by atoms with E-state index in [1.54, 1.807) is 30.0 Å². The first-order chi connectivity index (χ1) is 10.9. The maximum atomic E-state index is 13.1. The number of hydrogen-bond donors (Lipinski definition) is 1. The molecule has 1 N–H and O–H groups in total. The van der Waals surface area contributed by atoms with E-state index < -0.39 is 12.0 Å². The number of aromatic nitrogens is 2. The Bertz CT molecular complexity index is 747.